The highest BCUT2D eigenvalue weighted by Crippen LogP contribution is 2.34. The number of ether oxygens (including phenoxy) is 5. The third kappa shape index (κ3) is 9.62. The average Bonchev–Trinajstić information content (AvgIpc) is 2.89. The second-order valence-corrected chi connectivity index (χ2v) is 15.1. The monoisotopic (exact) mass is 609 g/mol. The minimum atomic E-state index is -1.59. The number of carbonyl (C=O) groups excluding carboxylic acids is 3. The molecule has 1 aromatic rings. The van der Waals surface area contributed by atoms with E-state index in [2.05, 4.69) is 0 Å². The molecular formula is C31H47NO9S. The highest BCUT2D eigenvalue weighted by molar-refractivity contribution is 7.85. The van der Waals surface area contributed by atoms with Crippen molar-refractivity contribution in [2.24, 2.45) is 21.2 Å². The Bertz CT molecular complexity index is 1140. The Balaban J connectivity index is 2.66. The summed E-state index contributed by atoms with van der Waals surface area (Å²) < 4.78 is 42.5. The minimum Gasteiger partial charge on any atom is -0.497 e. The number of carbonyl (C=O) groups is 3. The first-order valence-corrected chi connectivity index (χ1v) is 15.5. The number of nitrogens with zero attached hydrogens (tertiary/aromatic N) is 1. The summed E-state index contributed by atoms with van der Waals surface area (Å²) >= 11 is 0. The first-order valence-electron chi connectivity index (χ1n) is 14.1. The lowest BCUT2D eigenvalue weighted by atomic mass is 9.93. The zero-order valence-electron chi connectivity index (χ0n) is 26.7. The van der Waals surface area contributed by atoms with Crippen LogP contribution >= 0.6 is 0 Å². The number of aliphatic imine (C=N–C) groups is 1. The molecule has 1 fully saturated rings. The standard InChI is InChI=1S/C31H47NO9S/c1-12-42(36)25-22(32-17-19-13-15-20(37-11)16-14-19)24(41-28(35)31(8,9)10)23(40-27(34)30(5,6)7)21(39-25)18-38-26(33)29(2,3)4/h13-17,21-25H,12,18H2,1-11H3/t21-,22-,23-,24-,25+,42+/m1/s1. The Morgan fingerprint density at radius 2 is 1.36 bits per heavy atom. The Hall–Kier alpha value is -2.79. The van der Waals surface area contributed by atoms with Crippen molar-refractivity contribution in [1.82, 2.24) is 0 Å². The summed E-state index contributed by atoms with van der Waals surface area (Å²) in [6.07, 6.45) is -1.91. The molecule has 0 bridgehead atoms. The van der Waals surface area contributed by atoms with Crippen molar-refractivity contribution in [3.63, 3.8) is 0 Å². The predicted molar refractivity (Wildman–Crippen MR) is 161 cm³/mol. The number of esters is 3. The van der Waals surface area contributed by atoms with Crippen LogP contribution in [0.2, 0.25) is 0 Å². The van der Waals surface area contributed by atoms with Gasteiger partial charge in [-0.2, -0.15) is 0 Å². The molecule has 0 spiro atoms. The van der Waals surface area contributed by atoms with Crippen LogP contribution in [0.15, 0.2) is 29.3 Å². The van der Waals surface area contributed by atoms with Crippen LogP contribution in [0, 0.1) is 16.2 Å². The molecule has 1 aliphatic heterocycles. The van der Waals surface area contributed by atoms with E-state index in [1.807, 2.05) is 0 Å². The summed E-state index contributed by atoms with van der Waals surface area (Å²) in [5.41, 5.74) is -2.96. The van der Waals surface area contributed by atoms with E-state index in [1.54, 1.807) is 107 Å². The molecule has 42 heavy (non-hydrogen) atoms. The highest BCUT2D eigenvalue weighted by Gasteiger charge is 2.53. The Labute approximate surface area is 252 Å². The van der Waals surface area contributed by atoms with Crippen molar-refractivity contribution >= 4 is 34.9 Å². The van der Waals surface area contributed by atoms with Gasteiger partial charge in [-0.15, -0.1) is 0 Å². The van der Waals surface area contributed by atoms with Gasteiger partial charge in [-0.05, 0) is 92.1 Å². The zero-order chi connectivity index (χ0) is 32.0. The van der Waals surface area contributed by atoms with E-state index in [1.165, 1.54) is 0 Å². The molecule has 0 amide bonds. The zero-order valence-corrected chi connectivity index (χ0v) is 27.5. The fourth-order valence-corrected chi connectivity index (χ4v) is 4.81. The van der Waals surface area contributed by atoms with E-state index in [0.717, 1.165) is 0 Å². The Morgan fingerprint density at radius 1 is 0.857 bits per heavy atom. The minimum absolute atomic E-state index is 0.222. The van der Waals surface area contributed by atoms with Gasteiger partial charge in [-0.25, -0.2) is 0 Å². The summed E-state index contributed by atoms with van der Waals surface area (Å²) in [5, 5.41) is 0. The molecule has 0 unspecified atom stereocenters. The summed E-state index contributed by atoms with van der Waals surface area (Å²) in [4.78, 5) is 43.8. The quantitative estimate of drug-likeness (QED) is 0.226. The summed E-state index contributed by atoms with van der Waals surface area (Å²) in [5.74, 6) is -0.754. The maximum atomic E-state index is 13.4. The van der Waals surface area contributed by atoms with Crippen LogP contribution in [-0.2, 0) is 44.1 Å². The molecule has 1 saturated heterocycles. The number of benzene rings is 1. The van der Waals surface area contributed by atoms with E-state index in [0.29, 0.717) is 11.3 Å². The smallest absolute Gasteiger partial charge is 0.311 e. The third-order valence-corrected chi connectivity index (χ3v) is 7.85. The molecule has 0 radical (unpaired) electrons. The van der Waals surface area contributed by atoms with Crippen molar-refractivity contribution in [3.05, 3.63) is 29.8 Å². The van der Waals surface area contributed by atoms with Gasteiger partial charge in [0.25, 0.3) is 0 Å². The Morgan fingerprint density at radius 3 is 1.81 bits per heavy atom. The highest BCUT2D eigenvalue weighted by atomic mass is 32.2. The predicted octanol–water partition coefficient (Wildman–Crippen LogP) is 4.48. The first-order chi connectivity index (χ1) is 19.3. The Kier molecular flexibility index (Phi) is 11.9. The molecule has 10 nitrogen and oxygen atoms in total. The van der Waals surface area contributed by atoms with Gasteiger partial charge in [0.05, 0.1) is 34.2 Å². The lowest BCUT2D eigenvalue weighted by Crippen LogP contribution is -2.62. The molecular weight excluding hydrogens is 562 g/mol. The molecule has 1 heterocycles. The topological polar surface area (TPSA) is 127 Å². The lowest BCUT2D eigenvalue weighted by Gasteiger charge is -2.44. The van der Waals surface area contributed by atoms with Crippen LogP contribution < -0.4 is 4.74 Å². The van der Waals surface area contributed by atoms with Crippen LogP contribution in [-0.4, -0.2) is 77.6 Å². The van der Waals surface area contributed by atoms with Gasteiger partial charge in [0.15, 0.2) is 17.6 Å². The summed E-state index contributed by atoms with van der Waals surface area (Å²) in [7, 11) is -0.0232. The molecule has 2 rings (SSSR count). The molecule has 11 heteroatoms. The molecule has 236 valence electrons. The largest absolute Gasteiger partial charge is 0.497 e. The third-order valence-electron chi connectivity index (χ3n) is 6.37. The maximum absolute atomic E-state index is 13.4. The maximum Gasteiger partial charge on any atom is 0.311 e. The first kappa shape index (κ1) is 35.4. The molecule has 1 aromatic carbocycles. The van der Waals surface area contributed by atoms with E-state index < -0.39 is 74.7 Å². The SMILES string of the molecule is CC[S@](=O)[C@@H]1O[C@H](COC(=O)C(C)(C)C)[C@@H](OC(=O)C(C)(C)C)[C@H](OC(=O)C(C)(C)C)[C@H]1N=Cc1ccc(OC)cc1. The molecule has 0 saturated carbocycles. The fraction of sp³-hybridized carbons (Fsp3) is 0.677. The van der Waals surface area contributed by atoms with Gasteiger partial charge in [0, 0.05) is 12.0 Å². The van der Waals surface area contributed by atoms with Crippen LogP contribution in [0.1, 0.15) is 74.8 Å². The van der Waals surface area contributed by atoms with Gasteiger partial charge in [0.2, 0.25) is 0 Å². The van der Waals surface area contributed by atoms with E-state index >= 15 is 0 Å². The van der Waals surface area contributed by atoms with Crippen molar-refractivity contribution in [1.29, 1.82) is 0 Å². The second kappa shape index (κ2) is 14.1. The number of hydrogen-bond acceptors (Lipinski definition) is 10. The normalized spacial score (nSPS) is 24.1. The molecule has 1 aliphatic rings. The van der Waals surface area contributed by atoms with Crippen molar-refractivity contribution < 1.29 is 42.3 Å². The van der Waals surface area contributed by atoms with Crippen LogP contribution in [0.25, 0.3) is 0 Å². The molecule has 6 atom stereocenters. The summed E-state index contributed by atoms with van der Waals surface area (Å²) in [6, 6.07) is 6.11. The number of methoxy groups -OCH3 is 1. The molecule has 0 aromatic heterocycles. The van der Waals surface area contributed by atoms with Gasteiger partial charge < -0.3 is 23.7 Å². The summed E-state index contributed by atoms with van der Waals surface area (Å²) in [6.45, 7) is 16.7. The van der Waals surface area contributed by atoms with Gasteiger partial charge >= 0.3 is 17.9 Å². The van der Waals surface area contributed by atoms with E-state index in [4.69, 9.17) is 28.7 Å². The second-order valence-electron chi connectivity index (χ2n) is 13.3. The van der Waals surface area contributed by atoms with Crippen molar-refractivity contribution in [3.8, 4) is 5.75 Å². The molecule has 0 N–H and O–H groups in total. The molecule has 0 aliphatic carbocycles. The van der Waals surface area contributed by atoms with Crippen LogP contribution in [0.5, 0.6) is 5.75 Å². The number of hydrogen-bond donors (Lipinski definition) is 0. The van der Waals surface area contributed by atoms with Gasteiger partial charge in [0.1, 0.15) is 24.5 Å². The van der Waals surface area contributed by atoms with E-state index in [-0.39, 0.29) is 12.4 Å². The average molecular weight is 610 g/mol. The number of rotatable bonds is 9. The van der Waals surface area contributed by atoms with Crippen molar-refractivity contribution in [2.75, 3.05) is 19.5 Å². The van der Waals surface area contributed by atoms with Crippen LogP contribution in [0.3, 0.4) is 0 Å². The van der Waals surface area contributed by atoms with Crippen LogP contribution in [0.4, 0.5) is 0 Å². The lowest BCUT2D eigenvalue weighted by molar-refractivity contribution is -0.218. The van der Waals surface area contributed by atoms with Crippen molar-refractivity contribution in [2.45, 2.75) is 99.0 Å². The fourth-order valence-electron chi connectivity index (χ4n) is 3.68. The van der Waals surface area contributed by atoms with E-state index in [9.17, 15) is 18.6 Å². The van der Waals surface area contributed by atoms with Gasteiger partial charge in [-0.1, -0.05) is 6.92 Å². The van der Waals surface area contributed by atoms with Gasteiger partial charge in [-0.3, -0.25) is 23.6 Å².